The average Bonchev–Trinajstić information content (AvgIpc) is 2.50. The molecule has 1 heterocycles. The summed E-state index contributed by atoms with van der Waals surface area (Å²) in [6.45, 7) is 9.42. The van der Waals surface area contributed by atoms with Gasteiger partial charge in [-0.1, -0.05) is 6.92 Å². The molecule has 0 aromatic rings. The second-order valence-electron chi connectivity index (χ2n) is 6.19. The van der Waals surface area contributed by atoms with E-state index in [0.29, 0.717) is 0 Å². The van der Waals surface area contributed by atoms with Gasteiger partial charge in [0.25, 0.3) is 0 Å². The third kappa shape index (κ3) is 4.15. The summed E-state index contributed by atoms with van der Waals surface area (Å²) in [4.78, 5) is 14.6. The van der Waals surface area contributed by atoms with Crippen LogP contribution in [0.4, 0.5) is 0 Å². The Labute approximate surface area is 153 Å². The zero-order valence-electron chi connectivity index (χ0n) is 12.8. The number of carbonyl (C=O) groups excluding carboxylic acids is 1. The summed E-state index contributed by atoms with van der Waals surface area (Å²) >= 11 is 0. The van der Waals surface area contributed by atoms with Crippen molar-refractivity contribution in [3.63, 3.8) is 0 Å². The van der Waals surface area contributed by atoms with Crippen molar-refractivity contribution in [3.8, 4) is 6.07 Å². The van der Waals surface area contributed by atoms with Crippen molar-refractivity contribution in [2.75, 3.05) is 13.1 Å². The zero-order valence-corrected chi connectivity index (χ0v) is 15.6. The minimum Gasteiger partial charge on any atom is -0.602 e. The summed E-state index contributed by atoms with van der Waals surface area (Å²) in [7, 11) is 0. The number of hydrogen-bond donors (Lipinski definition) is 0. The fourth-order valence-electron chi connectivity index (χ4n) is 3.54. The first-order chi connectivity index (χ1) is 9.65. The first-order valence-corrected chi connectivity index (χ1v) is 7.52. The standard InChI is InChI=1S/C16H23N3O.Y/c1-3-18(13-20)15-6-10-19(11-7-15)16(12-17)8-4-14(2)5-9-16;/h1,3,14-15H,4-11H2,2H3;/q-2;. The molecule has 4 nitrogen and oxygen atoms in total. The van der Waals surface area contributed by atoms with Crippen molar-refractivity contribution < 1.29 is 37.5 Å². The van der Waals surface area contributed by atoms with Crippen molar-refractivity contribution in [3.05, 3.63) is 12.8 Å². The Morgan fingerprint density at radius 1 is 1.33 bits per heavy atom. The van der Waals surface area contributed by atoms with E-state index < -0.39 is 0 Å². The normalized spacial score (nSPS) is 30.8. The summed E-state index contributed by atoms with van der Waals surface area (Å²) in [6, 6.07) is 2.71. The molecule has 2 aliphatic rings. The van der Waals surface area contributed by atoms with E-state index in [1.54, 1.807) is 0 Å². The SMILES string of the molecule is [CH-]=CN([C-]=O)C1CCN(C2(C#N)CCC(C)CC2)CC1.[Y]. The number of hydrogen-bond acceptors (Lipinski definition) is 3. The monoisotopic (exact) mass is 362 g/mol. The van der Waals surface area contributed by atoms with E-state index in [0.717, 1.165) is 57.5 Å². The molecule has 1 radical (unpaired) electrons. The Hall–Kier alpha value is -0.236. The van der Waals surface area contributed by atoms with Gasteiger partial charge in [-0.05, 0) is 44.4 Å². The van der Waals surface area contributed by atoms with Gasteiger partial charge in [-0.25, -0.2) is 0 Å². The minimum absolute atomic E-state index is 0. The van der Waals surface area contributed by atoms with E-state index in [-0.39, 0.29) is 44.3 Å². The molecule has 0 unspecified atom stereocenters. The molecule has 1 saturated carbocycles. The quantitative estimate of drug-likeness (QED) is 0.569. The summed E-state index contributed by atoms with van der Waals surface area (Å²) < 4.78 is 0. The molecule has 0 atom stereocenters. The van der Waals surface area contributed by atoms with Crippen LogP contribution in [0, 0.1) is 23.8 Å². The molecular weight excluding hydrogens is 339 g/mol. The van der Waals surface area contributed by atoms with Gasteiger partial charge in [0.1, 0.15) is 5.54 Å². The smallest absolute Gasteiger partial charge is 0.109 e. The van der Waals surface area contributed by atoms with Crippen LogP contribution in [0.15, 0.2) is 6.20 Å². The third-order valence-electron chi connectivity index (χ3n) is 5.04. The Kier molecular flexibility index (Phi) is 7.53. The predicted octanol–water partition coefficient (Wildman–Crippen LogP) is 2.24. The molecule has 2 fully saturated rings. The van der Waals surface area contributed by atoms with Crippen LogP contribution in [0.5, 0.6) is 0 Å². The van der Waals surface area contributed by atoms with E-state index in [1.807, 2.05) is 6.41 Å². The van der Waals surface area contributed by atoms with Crippen LogP contribution in [0.25, 0.3) is 0 Å². The summed E-state index contributed by atoms with van der Waals surface area (Å²) in [6.07, 6.45) is 9.11. The number of piperidine rings is 1. The maximum Gasteiger partial charge on any atom is 0.109 e. The molecule has 1 saturated heterocycles. The van der Waals surface area contributed by atoms with Gasteiger partial charge in [0.2, 0.25) is 0 Å². The molecule has 21 heavy (non-hydrogen) atoms. The van der Waals surface area contributed by atoms with Gasteiger partial charge in [-0.15, -0.1) is 0 Å². The number of likely N-dealkylation sites (tertiary alicyclic amines) is 1. The van der Waals surface area contributed by atoms with Crippen LogP contribution in [0.2, 0.25) is 0 Å². The Bertz CT molecular complexity index is 383. The van der Waals surface area contributed by atoms with E-state index in [1.165, 1.54) is 11.1 Å². The number of amides is 1. The molecule has 5 heteroatoms. The summed E-state index contributed by atoms with van der Waals surface area (Å²) in [5.74, 6) is 0.737. The largest absolute Gasteiger partial charge is 0.602 e. The fourth-order valence-corrected chi connectivity index (χ4v) is 3.54. The van der Waals surface area contributed by atoms with Gasteiger partial charge >= 0.3 is 0 Å². The number of nitrogens with zero attached hydrogens (tertiary/aromatic N) is 3. The number of rotatable bonds is 4. The summed E-state index contributed by atoms with van der Waals surface area (Å²) in [5, 5.41) is 9.66. The Balaban J connectivity index is 0.00000220. The van der Waals surface area contributed by atoms with Crippen molar-refractivity contribution in [1.82, 2.24) is 9.80 Å². The van der Waals surface area contributed by atoms with Crippen LogP contribution >= 0.6 is 0 Å². The molecular formula is C16H23N3OY-2. The molecule has 0 bridgehead atoms. The molecule has 0 aromatic heterocycles. The van der Waals surface area contributed by atoms with E-state index in [2.05, 4.69) is 17.9 Å². The van der Waals surface area contributed by atoms with Crippen molar-refractivity contribution in [2.24, 2.45) is 5.92 Å². The second-order valence-corrected chi connectivity index (χ2v) is 6.19. The van der Waals surface area contributed by atoms with Crippen molar-refractivity contribution in [2.45, 2.75) is 57.0 Å². The van der Waals surface area contributed by atoms with E-state index in [9.17, 15) is 10.1 Å². The first kappa shape index (κ1) is 18.8. The molecule has 0 N–H and O–H groups in total. The van der Waals surface area contributed by atoms with E-state index in [4.69, 9.17) is 6.58 Å². The fraction of sp³-hybridized carbons (Fsp3) is 0.750. The average molecular weight is 362 g/mol. The van der Waals surface area contributed by atoms with Gasteiger partial charge in [0.05, 0.1) is 12.5 Å². The van der Waals surface area contributed by atoms with Crippen LogP contribution in [0.1, 0.15) is 45.4 Å². The van der Waals surface area contributed by atoms with Crippen LogP contribution in [-0.2, 0) is 37.5 Å². The predicted molar refractivity (Wildman–Crippen MR) is 77.0 cm³/mol. The molecule has 113 valence electrons. The molecule has 0 aromatic carbocycles. The Morgan fingerprint density at radius 2 is 1.90 bits per heavy atom. The van der Waals surface area contributed by atoms with Gasteiger partial charge < -0.3 is 22.5 Å². The Morgan fingerprint density at radius 3 is 2.33 bits per heavy atom. The minimum atomic E-state index is -0.278. The van der Waals surface area contributed by atoms with Crippen LogP contribution in [0.3, 0.4) is 0 Å². The first-order valence-electron chi connectivity index (χ1n) is 7.52. The van der Waals surface area contributed by atoms with Crippen LogP contribution in [-0.4, -0.2) is 40.9 Å². The number of nitriles is 1. The maximum absolute atomic E-state index is 10.8. The van der Waals surface area contributed by atoms with Gasteiger partial charge in [0.15, 0.2) is 0 Å². The van der Waals surface area contributed by atoms with Gasteiger partial charge in [0, 0.05) is 51.8 Å². The molecule has 1 aliphatic heterocycles. The van der Waals surface area contributed by atoms with Crippen LogP contribution < -0.4 is 0 Å². The molecule has 1 amide bonds. The van der Waals surface area contributed by atoms with Crippen molar-refractivity contribution >= 4 is 6.41 Å². The molecule has 1 aliphatic carbocycles. The van der Waals surface area contributed by atoms with E-state index >= 15 is 0 Å². The molecule has 2 rings (SSSR count). The topological polar surface area (TPSA) is 47.3 Å². The second kappa shape index (κ2) is 8.41. The summed E-state index contributed by atoms with van der Waals surface area (Å²) in [5.41, 5.74) is -0.278. The zero-order chi connectivity index (χ0) is 14.6. The third-order valence-corrected chi connectivity index (χ3v) is 5.04. The van der Waals surface area contributed by atoms with Crippen molar-refractivity contribution in [1.29, 1.82) is 5.26 Å². The van der Waals surface area contributed by atoms with Gasteiger partial charge in [-0.3, -0.25) is 4.90 Å². The van der Waals surface area contributed by atoms with Gasteiger partial charge in [-0.2, -0.15) is 5.26 Å². The maximum atomic E-state index is 10.8. The molecule has 0 spiro atoms.